The van der Waals surface area contributed by atoms with Crippen molar-refractivity contribution in [3.05, 3.63) is 29.7 Å². The molecule has 0 aliphatic heterocycles. The van der Waals surface area contributed by atoms with E-state index < -0.39 is 0 Å². The van der Waals surface area contributed by atoms with Crippen molar-refractivity contribution in [1.82, 2.24) is 9.97 Å². The minimum Gasteiger partial charge on any atom is -0.397 e. The first kappa shape index (κ1) is 7.31. The van der Waals surface area contributed by atoms with E-state index in [0.717, 1.165) is 10.9 Å². The summed E-state index contributed by atoms with van der Waals surface area (Å²) in [7, 11) is 0. The normalized spacial score (nSPS) is 10.4. The van der Waals surface area contributed by atoms with Crippen molar-refractivity contribution in [2.45, 2.75) is 0 Å². The molecule has 0 spiro atoms. The third-order valence-corrected chi connectivity index (χ3v) is 1.88. The van der Waals surface area contributed by atoms with Crippen molar-refractivity contribution >= 4 is 28.2 Å². The van der Waals surface area contributed by atoms with Crippen LogP contribution in [0.1, 0.15) is 0 Å². The number of rotatable bonds is 0. The van der Waals surface area contributed by atoms with E-state index in [1.165, 1.54) is 0 Å². The number of halogens is 1. The third-order valence-electron chi connectivity index (χ3n) is 1.58. The first-order valence-electron chi connectivity index (χ1n) is 3.43. The highest BCUT2D eigenvalue weighted by Crippen LogP contribution is 2.20. The fourth-order valence-electron chi connectivity index (χ4n) is 1.03. The number of hydrogen-bond acceptors (Lipinski definition) is 3. The zero-order chi connectivity index (χ0) is 8.55. The molecular weight excluding hydrogens is 174 g/mol. The van der Waals surface area contributed by atoms with Gasteiger partial charge >= 0.3 is 0 Å². The molecule has 0 aliphatic rings. The summed E-state index contributed by atoms with van der Waals surface area (Å²) in [4.78, 5) is 8.01. The van der Waals surface area contributed by atoms with Crippen LogP contribution >= 0.6 is 11.6 Å². The van der Waals surface area contributed by atoms with Crippen molar-refractivity contribution in [1.29, 1.82) is 0 Å². The molecular formula is C8H6ClN3. The Morgan fingerprint density at radius 1 is 1.33 bits per heavy atom. The number of fused-ring (bicyclic) bond motifs is 1. The number of hydrogen-bond donors (Lipinski definition) is 1. The zero-order valence-corrected chi connectivity index (χ0v) is 6.92. The van der Waals surface area contributed by atoms with Crippen molar-refractivity contribution in [2.75, 3.05) is 5.73 Å². The summed E-state index contributed by atoms with van der Waals surface area (Å²) in [6.07, 6.45) is 3.21. The maximum atomic E-state index is 5.82. The van der Waals surface area contributed by atoms with Crippen molar-refractivity contribution in [3.63, 3.8) is 0 Å². The average molecular weight is 180 g/mol. The molecule has 0 saturated carbocycles. The van der Waals surface area contributed by atoms with E-state index in [-0.39, 0.29) is 0 Å². The van der Waals surface area contributed by atoms with E-state index in [4.69, 9.17) is 17.3 Å². The van der Waals surface area contributed by atoms with Crippen molar-refractivity contribution in [2.24, 2.45) is 0 Å². The molecule has 2 heterocycles. The second-order valence-corrected chi connectivity index (χ2v) is 2.80. The maximum absolute atomic E-state index is 5.82. The Morgan fingerprint density at radius 3 is 3.00 bits per heavy atom. The van der Waals surface area contributed by atoms with Crippen LogP contribution in [0.15, 0.2) is 24.5 Å². The predicted octanol–water partition coefficient (Wildman–Crippen LogP) is 1.87. The third kappa shape index (κ3) is 1.08. The Labute approximate surface area is 74.2 Å². The largest absolute Gasteiger partial charge is 0.397 e. The summed E-state index contributed by atoms with van der Waals surface area (Å²) < 4.78 is 0. The molecule has 0 fully saturated rings. The Morgan fingerprint density at radius 2 is 2.17 bits per heavy atom. The molecule has 2 aromatic rings. The monoisotopic (exact) mass is 179 g/mol. The molecule has 2 aromatic heterocycles. The van der Waals surface area contributed by atoms with Crippen molar-refractivity contribution in [3.8, 4) is 0 Å². The maximum Gasteiger partial charge on any atom is 0.138 e. The van der Waals surface area contributed by atoms with Crippen LogP contribution < -0.4 is 5.73 Å². The highest BCUT2D eigenvalue weighted by atomic mass is 35.5. The van der Waals surface area contributed by atoms with Gasteiger partial charge in [-0.05, 0) is 12.1 Å². The van der Waals surface area contributed by atoms with Crippen molar-refractivity contribution < 1.29 is 0 Å². The fourth-order valence-corrected chi connectivity index (χ4v) is 1.24. The first-order chi connectivity index (χ1) is 5.77. The molecule has 0 aliphatic carbocycles. The molecule has 0 atom stereocenters. The van der Waals surface area contributed by atoms with E-state index in [2.05, 4.69) is 9.97 Å². The number of nitrogens with zero attached hydrogens (tertiary/aromatic N) is 2. The average Bonchev–Trinajstić information content (AvgIpc) is 2.07. The van der Waals surface area contributed by atoms with Gasteiger partial charge < -0.3 is 5.73 Å². The Bertz CT molecular complexity index is 428. The molecule has 0 aromatic carbocycles. The minimum atomic E-state index is 0.437. The number of aromatic nitrogens is 2. The molecule has 0 bridgehead atoms. The van der Waals surface area contributed by atoms with Gasteiger partial charge in [0.15, 0.2) is 0 Å². The number of nitrogens with two attached hydrogens (primary N) is 1. The summed E-state index contributed by atoms with van der Waals surface area (Å²) >= 11 is 5.82. The summed E-state index contributed by atoms with van der Waals surface area (Å²) in [5.74, 6) is 0. The minimum absolute atomic E-state index is 0.437. The second kappa shape index (κ2) is 2.60. The van der Waals surface area contributed by atoms with E-state index in [0.29, 0.717) is 10.8 Å². The van der Waals surface area contributed by atoms with Gasteiger partial charge in [0, 0.05) is 11.6 Å². The Balaban J connectivity index is 2.88. The van der Waals surface area contributed by atoms with Gasteiger partial charge in [-0.25, -0.2) is 4.98 Å². The lowest BCUT2D eigenvalue weighted by atomic mass is 10.2. The molecule has 0 saturated heterocycles. The van der Waals surface area contributed by atoms with Gasteiger partial charge in [0.1, 0.15) is 5.15 Å². The summed E-state index contributed by atoms with van der Waals surface area (Å²) in [5, 5.41) is 1.23. The molecule has 0 unspecified atom stereocenters. The summed E-state index contributed by atoms with van der Waals surface area (Å²) in [6.45, 7) is 0. The lowest BCUT2D eigenvalue weighted by Gasteiger charge is -1.98. The van der Waals surface area contributed by atoms with E-state index in [9.17, 15) is 0 Å². The molecule has 0 amide bonds. The quantitative estimate of drug-likeness (QED) is 0.628. The molecule has 0 radical (unpaired) electrons. The molecule has 2 rings (SSSR count). The lowest BCUT2D eigenvalue weighted by molar-refractivity contribution is 1.33. The second-order valence-electron chi connectivity index (χ2n) is 2.44. The van der Waals surface area contributed by atoms with Crippen LogP contribution in [0.2, 0.25) is 5.15 Å². The van der Waals surface area contributed by atoms with Crippen LogP contribution in [0.5, 0.6) is 0 Å². The molecule has 2 N–H and O–H groups in total. The van der Waals surface area contributed by atoms with Crippen LogP contribution in [0.25, 0.3) is 10.9 Å². The summed E-state index contributed by atoms with van der Waals surface area (Å²) in [5.41, 5.74) is 6.95. The lowest BCUT2D eigenvalue weighted by Crippen LogP contribution is -1.88. The SMILES string of the molecule is Nc1cnc2ccnc(Cl)c2c1. The van der Waals surface area contributed by atoms with E-state index >= 15 is 0 Å². The Hall–Kier alpha value is -1.35. The van der Waals surface area contributed by atoms with Crippen LogP contribution in [0.4, 0.5) is 5.69 Å². The zero-order valence-electron chi connectivity index (χ0n) is 6.16. The summed E-state index contributed by atoms with van der Waals surface area (Å²) in [6, 6.07) is 3.55. The van der Waals surface area contributed by atoms with Crippen LogP contribution in [0, 0.1) is 0 Å². The van der Waals surface area contributed by atoms with Gasteiger partial charge in [-0.1, -0.05) is 11.6 Å². The number of nitrogen functional groups attached to an aromatic ring is 1. The van der Waals surface area contributed by atoms with Gasteiger partial charge in [-0.15, -0.1) is 0 Å². The van der Waals surface area contributed by atoms with Gasteiger partial charge in [0.05, 0.1) is 17.4 Å². The molecule has 60 valence electrons. The highest BCUT2D eigenvalue weighted by molar-refractivity contribution is 6.34. The van der Waals surface area contributed by atoms with Crippen LogP contribution in [-0.2, 0) is 0 Å². The van der Waals surface area contributed by atoms with Gasteiger partial charge in [-0.3, -0.25) is 4.98 Å². The van der Waals surface area contributed by atoms with Gasteiger partial charge in [0.2, 0.25) is 0 Å². The van der Waals surface area contributed by atoms with Gasteiger partial charge in [-0.2, -0.15) is 0 Å². The van der Waals surface area contributed by atoms with E-state index in [1.807, 2.05) is 0 Å². The smallest absolute Gasteiger partial charge is 0.138 e. The molecule has 12 heavy (non-hydrogen) atoms. The Kier molecular flexibility index (Phi) is 1.59. The number of pyridine rings is 2. The topological polar surface area (TPSA) is 51.8 Å². The van der Waals surface area contributed by atoms with E-state index in [1.54, 1.807) is 24.5 Å². The van der Waals surface area contributed by atoms with Crippen LogP contribution in [-0.4, -0.2) is 9.97 Å². The highest BCUT2D eigenvalue weighted by Gasteiger charge is 1.99. The van der Waals surface area contributed by atoms with Gasteiger partial charge in [0.25, 0.3) is 0 Å². The molecule has 4 heteroatoms. The fraction of sp³-hybridized carbons (Fsp3) is 0. The standard InChI is InChI=1S/C8H6ClN3/c9-8-6-3-5(10)4-12-7(6)1-2-11-8/h1-4H,10H2. The number of anilines is 1. The predicted molar refractivity (Wildman–Crippen MR) is 49.0 cm³/mol. The molecule has 3 nitrogen and oxygen atoms in total. The first-order valence-corrected chi connectivity index (χ1v) is 3.81. The van der Waals surface area contributed by atoms with Crippen LogP contribution in [0.3, 0.4) is 0 Å².